The molecule has 118 valence electrons. The van der Waals surface area contributed by atoms with Gasteiger partial charge in [0.25, 0.3) is 5.91 Å². The van der Waals surface area contributed by atoms with Gasteiger partial charge in [-0.3, -0.25) is 9.59 Å². The molecular weight excluding hydrogens is 316 g/mol. The minimum atomic E-state index is -0.577. The zero-order chi connectivity index (χ0) is 16.4. The summed E-state index contributed by atoms with van der Waals surface area (Å²) in [5, 5.41) is 3.65. The highest BCUT2D eigenvalue weighted by Gasteiger charge is 2.39. The van der Waals surface area contributed by atoms with E-state index in [1.54, 1.807) is 43.5 Å². The van der Waals surface area contributed by atoms with Gasteiger partial charge in [-0.15, -0.1) is 0 Å². The molecule has 1 aliphatic rings. The summed E-state index contributed by atoms with van der Waals surface area (Å²) < 4.78 is 5.09. The van der Waals surface area contributed by atoms with Gasteiger partial charge in [-0.25, -0.2) is 4.90 Å². The highest BCUT2D eigenvalue weighted by molar-refractivity contribution is 6.30. The van der Waals surface area contributed by atoms with Crippen LogP contribution in [-0.4, -0.2) is 25.0 Å². The molecule has 1 atom stereocenters. The number of halogens is 1. The molecule has 0 aliphatic carbocycles. The van der Waals surface area contributed by atoms with Gasteiger partial charge in [0.05, 0.1) is 19.2 Å². The van der Waals surface area contributed by atoms with Crippen LogP contribution in [-0.2, 0) is 9.59 Å². The van der Waals surface area contributed by atoms with Crippen LogP contribution in [0.5, 0.6) is 5.75 Å². The maximum absolute atomic E-state index is 12.5. The molecule has 3 rings (SSSR count). The number of hydrogen-bond acceptors (Lipinski definition) is 4. The number of amides is 2. The highest BCUT2D eigenvalue weighted by atomic mass is 35.5. The van der Waals surface area contributed by atoms with Crippen LogP contribution in [0, 0.1) is 0 Å². The summed E-state index contributed by atoms with van der Waals surface area (Å²) in [7, 11) is 1.59. The number of carbonyl (C=O) groups is 2. The van der Waals surface area contributed by atoms with E-state index in [0.717, 1.165) is 11.4 Å². The summed E-state index contributed by atoms with van der Waals surface area (Å²) in [5.74, 6) is 0.226. The molecule has 0 spiro atoms. The maximum atomic E-state index is 12.5. The fourth-order valence-electron chi connectivity index (χ4n) is 2.49. The Bertz CT molecular complexity index is 729. The lowest BCUT2D eigenvalue weighted by Gasteiger charge is -2.16. The molecule has 1 N–H and O–H groups in total. The Morgan fingerprint density at radius 3 is 2.35 bits per heavy atom. The molecule has 2 amide bonds. The summed E-state index contributed by atoms with van der Waals surface area (Å²) in [6.07, 6.45) is 0.119. The van der Waals surface area contributed by atoms with Crippen LogP contribution in [0.4, 0.5) is 11.4 Å². The van der Waals surface area contributed by atoms with Gasteiger partial charge < -0.3 is 10.1 Å². The van der Waals surface area contributed by atoms with E-state index in [9.17, 15) is 9.59 Å². The predicted octanol–water partition coefficient (Wildman–Crippen LogP) is 3.09. The van der Waals surface area contributed by atoms with Crippen LogP contribution >= 0.6 is 11.6 Å². The molecule has 2 aromatic carbocycles. The van der Waals surface area contributed by atoms with Gasteiger partial charge in [-0.05, 0) is 48.5 Å². The Morgan fingerprint density at radius 1 is 1.09 bits per heavy atom. The number of ether oxygens (including phenoxy) is 1. The van der Waals surface area contributed by atoms with Crippen molar-refractivity contribution in [3.05, 3.63) is 53.6 Å². The lowest BCUT2D eigenvalue weighted by atomic mass is 10.2. The number of nitrogens with one attached hydrogen (secondary N) is 1. The fraction of sp³-hybridized carbons (Fsp3) is 0.176. The van der Waals surface area contributed by atoms with Crippen molar-refractivity contribution in [1.29, 1.82) is 0 Å². The molecule has 0 aromatic heterocycles. The molecule has 1 heterocycles. The third kappa shape index (κ3) is 3.14. The van der Waals surface area contributed by atoms with E-state index in [0.29, 0.717) is 10.7 Å². The van der Waals surface area contributed by atoms with Crippen molar-refractivity contribution in [2.24, 2.45) is 0 Å². The zero-order valence-corrected chi connectivity index (χ0v) is 13.2. The zero-order valence-electron chi connectivity index (χ0n) is 12.5. The van der Waals surface area contributed by atoms with E-state index < -0.39 is 6.04 Å². The van der Waals surface area contributed by atoms with Crippen molar-refractivity contribution >= 4 is 34.8 Å². The van der Waals surface area contributed by atoms with Gasteiger partial charge in [0.1, 0.15) is 11.8 Å². The predicted molar refractivity (Wildman–Crippen MR) is 89.0 cm³/mol. The summed E-state index contributed by atoms with van der Waals surface area (Å²) in [6, 6.07) is 13.3. The van der Waals surface area contributed by atoms with Gasteiger partial charge in [0.15, 0.2) is 0 Å². The second kappa shape index (κ2) is 6.30. The smallest absolute Gasteiger partial charge is 0.256 e. The van der Waals surface area contributed by atoms with Crippen LogP contribution in [0.3, 0.4) is 0 Å². The van der Waals surface area contributed by atoms with Crippen LogP contribution in [0.1, 0.15) is 6.42 Å². The first-order chi connectivity index (χ1) is 11.1. The van der Waals surface area contributed by atoms with E-state index in [1.807, 2.05) is 12.1 Å². The third-order valence-corrected chi connectivity index (χ3v) is 3.91. The van der Waals surface area contributed by atoms with Crippen LogP contribution in [0.15, 0.2) is 48.5 Å². The average Bonchev–Trinajstić information content (AvgIpc) is 2.83. The quantitative estimate of drug-likeness (QED) is 0.875. The van der Waals surface area contributed by atoms with Crippen molar-refractivity contribution in [1.82, 2.24) is 0 Å². The Morgan fingerprint density at radius 2 is 1.74 bits per heavy atom. The average molecular weight is 331 g/mol. The molecular formula is C17H15ClN2O3. The maximum Gasteiger partial charge on any atom is 0.256 e. The number of hydrogen-bond donors (Lipinski definition) is 1. The second-order valence-corrected chi connectivity index (χ2v) is 5.61. The Hall–Kier alpha value is -2.53. The molecule has 6 heteroatoms. The lowest BCUT2D eigenvalue weighted by Crippen LogP contribution is -2.34. The van der Waals surface area contributed by atoms with Gasteiger partial charge in [-0.1, -0.05) is 11.6 Å². The van der Waals surface area contributed by atoms with E-state index in [1.165, 1.54) is 4.90 Å². The molecule has 2 aromatic rings. The number of imide groups is 1. The first kappa shape index (κ1) is 15.4. The number of rotatable bonds is 4. The monoisotopic (exact) mass is 330 g/mol. The summed E-state index contributed by atoms with van der Waals surface area (Å²) >= 11 is 5.84. The van der Waals surface area contributed by atoms with E-state index >= 15 is 0 Å². The van der Waals surface area contributed by atoms with E-state index in [4.69, 9.17) is 16.3 Å². The largest absolute Gasteiger partial charge is 0.497 e. The van der Waals surface area contributed by atoms with Gasteiger partial charge in [0.2, 0.25) is 5.91 Å². The van der Waals surface area contributed by atoms with Crippen molar-refractivity contribution in [3.8, 4) is 5.75 Å². The minimum absolute atomic E-state index is 0.119. The van der Waals surface area contributed by atoms with Crippen LogP contribution in [0.2, 0.25) is 5.02 Å². The molecule has 0 radical (unpaired) electrons. The highest BCUT2D eigenvalue weighted by Crippen LogP contribution is 2.26. The summed E-state index contributed by atoms with van der Waals surface area (Å²) in [5.41, 5.74) is 1.29. The SMILES string of the molecule is COc1ccc(N[C@@H]2CC(=O)N(c3ccc(Cl)cc3)C2=O)cc1. The van der Waals surface area contributed by atoms with Gasteiger partial charge in [-0.2, -0.15) is 0 Å². The first-order valence-electron chi connectivity index (χ1n) is 7.11. The normalized spacial score (nSPS) is 17.5. The van der Waals surface area contributed by atoms with Crippen molar-refractivity contribution in [2.45, 2.75) is 12.5 Å². The molecule has 5 nitrogen and oxygen atoms in total. The minimum Gasteiger partial charge on any atom is -0.497 e. The first-order valence-corrected chi connectivity index (χ1v) is 7.49. The molecule has 1 saturated heterocycles. The van der Waals surface area contributed by atoms with Crippen molar-refractivity contribution < 1.29 is 14.3 Å². The number of benzene rings is 2. The fourth-order valence-corrected chi connectivity index (χ4v) is 2.62. The lowest BCUT2D eigenvalue weighted by molar-refractivity contribution is -0.121. The van der Waals surface area contributed by atoms with Crippen LogP contribution in [0.25, 0.3) is 0 Å². The molecule has 23 heavy (non-hydrogen) atoms. The van der Waals surface area contributed by atoms with E-state index in [2.05, 4.69) is 5.32 Å². The molecule has 0 bridgehead atoms. The van der Waals surface area contributed by atoms with Gasteiger partial charge in [0, 0.05) is 10.7 Å². The number of carbonyl (C=O) groups excluding carboxylic acids is 2. The standard InChI is InChI=1S/C17H15ClN2O3/c1-23-14-8-4-12(5-9-14)19-15-10-16(21)20(17(15)22)13-6-2-11(18)3-7-13/h2-9,15,19H,10H2,1H3/t15-/m1/s1. The molecule has 1 aliphatic heterocycles. The van der Waals surface area contributed by atoms with Crippen LogP contribution < -0.4 is 15.0 Å². The Labute approximate surface area is 138 Å². The van der Waals surface area contributed by atoms with Gasteiger partial charge >= 0.3 is 0 Å². The van der Waals surface area contributed by atoms with E-state index in [-0.39, 0.29) is 18.2 Å². The third-order valence-electron chi connectivity index (χ3n) is 3.66. The summed E-state index contributed by atoms with van der Waals surface area (Å²) in [6.45, 7) is 0. The number of nitrogens with zero attached hydrogens (tertiary/aromatic N) is 1. The number of anilines is 2. The Kier molecular flexibility index (Phi) is 4.21. The topological polar surface area (TPSA) is 58.6 Å². The van der Waals surface area contributed by atoms with Crippen molar-refractivity contribution in [2.75, 3.05) is 17.3 Å². The number of methoxy groups -OCH3 is 1. The van der Waals surface area contributed by atoms with Crippen molar-refractivity contribution in [3.63, 3.8) is 0 Å². The summed E-state index contributed by atoms with van der Waals surface area (Å²) in [4.78, 5) is 25.9. The Balaban J connectivity index is 1.76. The molecule has 1 fully saturated rings. The molecule has 0 unspecified atom stereocenters. The molecule has 0 saturated carbocycles. The second-order valence-electron chi connectivity index (χ2n) is 5.17.